The lowest BCUT2D eigenvalue weighted by Crippen LogP contribution is -2.46. The third kappa shape index (κ3) is 6.25. The molecular weight excluding hydrogens is 566 g/mol. The molecule has 1 aromatic heterocycles. The van der Waals surface area contributed by atoms with E-state index in [9.17, 15) is 41.0 Å². The zero-order valence-electron chi connectivity index (χ0n) is 20.9. The minimum absolute atomic E-state index is 0.0203. The summed E-state index contributed by atoms with van der Waals surface area (Å²) in [5.74, 6) is -2.17. The van der Waals surface area contributed by atoms with Crippen LogP contribution in [0.3, 0.4) is 0 Å². The molecule has 0 saturated carbocycles. The van der Waals surface area contributed by atoms with Gasteiger partial charge in [-0.3, -0.25) is 9.59 Å². The van der Waals surface area contributed by atoms with Gasteiger partial charge in [0.1, 0.15) is 13.1 Å². The van der Waals surface area contributed by atoms with Gasteiger partial charge in [0.2, 0.25) is 0 Å². The second-order valence-electron chi connectivity index (χ2n) is 9.31. The predicted octanol–water partition coefficient (Wildman–Crippen LogP) is 4.96. The van der Waals surface area contributed by atoms with E-state index in [0.29, 0.717) is 6.42 Å². The molecule has 14 heteroatoms. The number of fused-ring (bicyclic) bond motifs is 1. The van der Waals surface area contributed by atoms with Crippen molar-refractivity contribution in [1.29, 1.82) is 0 Å². The molecule has 2 heterocycles. The zero-order chi connectivity index (χ0) is 29.4. The molecule has 214 valence electrons. The summed E-state index contributed by atoms with van der Waals surface area (Å²) in [6.07, 6.45) is -9.82. The van der Waals surface area contributed by atoms with Crippen LogP contribution in [0.15, 0.2) is 48.5 Å². The topological polar surface area (TPSA) is 78.7 Å². The Morgan fingerprint density at radius 3 is 2.17 bits per heavy atom. The van der Waals surface area contributed by atoms with Crippen LogP contribution in [0.2, 0.25) is 5.02 Å². The standard InChI is InChI=1S/C26H23ClF6N4O3/c1-15-21(27)22(24(40)35(13-25(28,29)30)14-26(31,32)33)34-37(15)20-9-5-4-8-19(20)23(39)36-11-17-7-3-2-6-16(17)10-18(36)12-38/h2-9,18,38H,10-14H2,1H3/t18-/m0/s1. The average molecular weight is 589 g/mol. The number of benzene rings is 2. The Morgan fingerprint density at radius 2 is 1.57 bits per heavy atom. The molecule has 1 aliphatic heterocycles. The fourth-order valence-corrected chi connectivity index (χ4v) is 4.82. The zero-order valence-corrected chi connectivity index (χ0v) is 21.7. The van der Waals surface area contributed by atoms with E-state index < -0.39 is 58.9 Å². The van der Waals surface area contributed by atoms with Crippen LogP contribution in [-0.2, 0) is 13.0 Å². The highest BCUT2D eigenvalue weighted by Crippen LogP contribution is 2.31. The number of amides is 2. The van der Waals surface area contributed by atoms with Gasteiger partial charge in [-0.2, -0.15) is 31.4 Å². The van der Waals surface area contributed by atoms with Crippen molar-refractivity contribution in [1.82, 2.24) is 19.6 Å². The van der Waals surface area contributed by atoms with Gasteiger partial charge >= 0.3 is 12.4 Å². The monoisotopic (exact) mass is 588 g/mol. The molecule has 0 fully saturated rings. The molecule has 0 aliphatic carbocycles. The number of carbonyl (C=O) groups is 2. The highest BCUT2D eigenvalue weighted by atomic mass is 35.5. The van der Waals surface area contributed by atoms with E-state index in [1.54, 1.807) is 6.07 Å². The largest absolute Gasteiger partial charge is 0.406 e. The van der Waals surface area contributed by atoms with Gasteiger partial charge in [-0.1, -0.05) is 48.0 Å². The number of hydrogen-bond donors (Lipinski definition) is 1. The molecule has 2 amide bonds. The molecule has 40 heavy (non-hydrogen) atoms. The quantitative estimate of drug-likeness (QED) is 0.413. The second-order valence-corrected chi connectivity index (χ2v) is 9.69. The molecule has 1 aliphatic rings. The molecule has 1 atom stereocenters. The van der Waals surface area contributed by atoms with Crippen LogP contribution < -0.4 is 0 Å². The summed E-state index contributed by atoms with van der Waals surface area (Å²) >= 11 is 6.21. The second kappa shape index (κ2) is 11.1. The van der Waals surface area contributed by atoms with Gasteiger partial charge < -0.3 is 14.9 Å². The van der Waals surface area contributed by atoms with Crippen LogP contribution in [0, 0.1) is 6.92 Å². The van der Waals surface area contributed by atoms with Crippen LogP contribution in [0.1, 0.15) is 37.7 Å². The molecule has 0 unspecified atom stereocenters. The third-order valence-corrected chi connectivity index (χ3v) is 6.92. The van der Waals surface area contributed by atoms with Gasteiger partial charge in [0.15, 0.2) is 5.69 Å². The number of carbonyl (C=O) groups excluding carboxylic acids is 2. The minimum atomic E-state index is -5.11. The smallest absolute Gasteiger partial charge is 0.394 e. The van der Waals surface area contributed by atoms with Crippen molar-refractivity contribution in [3.05, 3.63) is 81.6 Å². The highest BCUT2D eigenvalue weighted by molar-refractivity contribution is 6.34. The Hall–Kier alpha value is -3.58. The number of rotatable bonds is 6. The van der Waals surface area contributed by atoms with Crippen molar-refractivity contribution in [2.45, 2.75) is 38.3 Å². The number of aliphatic hydroxyl groups is 1. The first-order chi connectivity index (χ1) is 18.7. The average Bonchev–Trinajstić information content (AvgIpc) is 3.18. The van der Waals surface area contributed by atoms with Crippen LogP contribution in [0.5, 0.6) is 0 Å². The molecule has 0 spiro atoms. The fraction of sp³-hybridized carbons (Fsp3) is 0.346. The number of aromatic nitrogens is 2. The number of halogens is 7. The maximum atomic E-state index is 13.7. The predicted molar refractivity (Wildman–Crippen MR) is 132 cm³/mol. The van der Waals surface area contributed by atoms with Crippen LogP contribution in [0.4, 0.5) is 26.3 Å². The summed E-state index contributed by atoms with van der Waals surface area (Å²) in [5.41, 5.74) is 1.24. The first-order valence-corrected chi connectivity index (χ1v) is 12.3. The maximum Gasteiger partial charge on any atom is 0.406 e. The first kappa shape index (κ1) is 29.4. The van der Waals surface area contributed by atoms with Gasteiger partial charge in [-0.05, 0) is 36.6 Å². The van der Waals surface area contributed by atoms with Crippen molar-refractivity contribution in [2.75, 3.05) is 19.7 Å². The summed E-state index contributed by atoms with van der Waals surface area (Å²) in [4.78, 5) is 27.6. The number of para-hydroxylation sites is 1. The normalized spacial score (nSPS) is 15.6. The van der Waals surface area contributed by atoms with Crippen molar-refractivity contribution in [3.63, 3.8) is 0 Å². The number of alkyl halides is 6. The number of aliphatic hydroxyl groups excluding tert-OH is 1. The molecular formula is C26H23ClF6N4O3. The van der Waals surface area contributed by atoms with E-state index in [1.807, 2.05) is 24.3 Å². The Kier molecular flexibility index (Phi) is 8.18. The van der Waals surface area contributed by atoms with E-state index in [4.69, 9.17) is 11.6 Å². The van der Waals surface area contributed by atoms with E-state index in [1.165, 1.54) is 30.0 Å². The van der Waals surface area contributed by atoms with Gasteiger partial charge in [0.05, 0.1) is 34.6 Å². The van der Waals surface area contributed by atoms with Crippen molar-refractivity contribution in [3.8, 4) is 5.69 Å². The van der Waals surface area contributed by atoms with Gasteiger partial charge in [-0.15, -0.1) is 0 Å². The Morgan fingerprint density at radius 1 is 1.00 bits per heavy atom. The lowest BCUT2D eigenvalue weighted by molar-refractivity contribution is -0.171. The molecule has 7 nitrogen and oxygen atoms in total. The van der Waals surface area contributed by atoms with E-state index in [2.05, 4.69) is 5.10 Å². The Balaban J connectivity index is 1.72. The minimum Gasteiger partial charge on any atom is -0.394 e. The summed E-state index contributed by atoms with van der Waals surface area (Å²) in [7, 11) is 0. The number of hydrogen-bond acceptors (Lipinski definition) is 4. The molecule has 0 saturated heterocycles. The first-order valence-electron chi connectivity index (χ1n) is 12.0. The van der Waals surface area contributed by atoms with E-state index in [0.717, 1.165) is 15.8 Å². The van der Waals surface area contributed by atoms with Crippen LogP contribution in [-0.4, -0.2) is 74.6 Å². The van der Waals surface area contributed by atoms with E-state index in [-0.39, 0.29) is 30.1 Å². The molecule has 0 bridgehead atoms. The third-order valence-electron chi connectivity index (χ3n) is 6.46. The van der Waals surface area contributed by atoms with E-state index >= 15 is 0 Å². The maximum absolute atomic E-state index is 13.7. The summed E-state index contributed by atoms with van der Waals surface area (Å²) in [5, 5.41) is 13.5. The SMILES string of the molecule is Cc1c(Cl)c(C(=O)N(CC(F)(F)F)CC(F)(F)F)nn1-c1ccccc1C(=O)N1Cc2ccccc2C[C@H]1CO. The Bertz CT molecular complexity index is 1410. The van der Waals surface area contributed by atoms with Crippen molar-refractivity contribution >= 4 is 23.4 Å². The molecule has 4 rings (SSSR count). The highest BCUT2D eigenvalue weighted by Gasteiger charge is 2.41. The Labute approximate surface area is 229 Å². The van der Waals surface area contributed by atoms with Crippen molar-refractivity contribution < 1.29 is 41.0 Å². The van der Waals surface area contributed by atoms with Crippen LogP contribution in [0.25, 0.3) is 5.69 Å². The summed E-state index contributed by atoms with van der Waals surface area (Å²) in [6, 6.07) is 12.9. The lowest BCUT2D eigenvalue weighted by atomic mass is 9.93. The molecule has 1 N–H and O–H groups in total. The lowest BCUT2D eigenvalue weighted by Gasteiger charge is -2.36. The molecule has 0 radical (unpaired) electrons. The van der Waals surface area contributed by atoms with Gasteiger partial charge in [0.25, 0.3) is 11.8 Å². The fourth-order valence-electron chi connectivity index (χ4n) is 4.62. The summed E-state index contributed by atoms with van der Waals surface area (Å²) in [6.45, 7) is -3.09. The van der Waals surface area contributed by atoms with Crippen LogP contribution >= 0.6 is 11.6 Å². The van der Waals surface area contributed by atoms with Gasteiger partial charge in [0, 0.05) is 6.54 Å². The molecule has 2 aromatic carbocycles. The molecule has 3 aromatic rings. The van der Waals surface area contributed by atoms with Gasteiger partial charge in [-0.25, -0.2) is 4.68 Å². The van der Waals surface area contributed by atoms with Crippen molar-refractivity contribution in [2.24, 2.45) is 0 Å². The number of nitrogens with zero attached hydrogens (tertiary/aromatic N) is 4. The summed E-state index contributed by atoms with van der Waals surface area (Å²) < 4.78 is 79.0.